The molecule has 0 atom stereocenters. The number of rotatable bonds is 8. The van der Waals surface area contributed by atoms with Gasteiger partial charge in [0.2, 0.25) is 0 Å². The number of halogens is 4. The van der Waals surface area contributed by atoms with Gasteiger partial charge in [-0.3, -0.25) is 4.31 Å². The lowest BCUT2D eigenvalue weighted by atomic mass is 10.1. The van der Waals surface area contributed by atoms with Crippen molar-refractivity contribution in [1.82, 2.24) is 0 Å². The van der Waals surface area contributed by atoms with Crippen LogP contribution in [0.5, 0.6) is 5.75 Å². The highest BCUT2D eigenvalue weighted by Gasteiger charge is 2.34. The second-order valence-corrected chi connectivity index (χ2v) is 10.1. The Labute approximate surface area is 205 Å². The van der Waals surface area contributed by atoms with Crippen LogP contribution in [0.15, 0.2) is 71.6 Å². The van der Waals surface area contributed by atoms with Gasteiger partial charge >= 0.3 is 12.1 Å². The third-order valence-corrected chi connectivity index (χ3v) is 7.22. The zero-order chi connectivity index (χ0) is 26.0. The van der Waals surface area contributed by atoms with Gasteiger partial charge < -0.3 is 9.84 Å². The SMILES string of the molecule is CC(C)N(c1ccc(C(F)(F)F)cc1OCc1ccc(C(=O)O)cc1)S(=O)(=O)c1ccc(Cl)cc1. The number of benzene rings is 3. The van der Waals surface area contributed by atoms with Crippen LogP contribution in [0, 0.1) is 0 Å². The lowest BCUT2D eigenvalue weighted by Crippen LogP contribution is -2.37. The maximum Gasteiger partial charge on any atom is 0.416 e. The molecule has 0 saturated heterocycles. The summed E-state index contributed by atoms with van der Waals surface area (Å²) in [4.78, 5) is 10.9. The molecule has 3 aromatic rings. The average molecular weight is 528 g/mol. The number of ether oxygens (including phenoxy) is 1. The van der Waals surface area contributed by atoms with Crippen molar-refractivity contribution in [2.75, 3.05) is 4.31 Å². The molecule has 1 N–H and O–H groups in total. The molecule has 186 valence electrons. The van der Waals surface area contributed by atoms with E-state index in [4.69, 9.17) is 21.4 Å². The lowest BCUT2D eigenvalue weighted by Gasteiger charge is -2.30. The molecule has 3 aromatic carbocycles. The van der Waals surface area contributed by atoms with Crippen LogP contribution in [0.2, 0.25) is 5.02 Å². The minimum Gasteiger partial charge on any atom is -0.487 e. The topological polar surface area (TPSA) is 83.9 Å². The van der Waals surface area contributed by atoms with E-state index < -0.39 is 33.8 Å². The minimum atomic E-state index is -4.68. The molecule has 3 rings (SSSR count). The Bertz CT molecular complexity index is 1310. The summed E-state index contributed by atoms with van der Waals surface area (Å²) in [5, 5.41) is 9.34. The first-order valence-electron chi connectivity index (χ1n) is 10.3. The Morgan fingerprint density at radius 3 is 2.14 bits per heavy atom. The molecule has 0 fully saturated rings. The van der Waals surface area contributed by atoms with Gasteiger partial charge in [0, 0.05) is 11.1 Å². The van der Waals surface area contributed by atoms with Crippen molar-refractivity contribution in [3.63, 3.8) is 0 Å². The highest BCUT2D eigenvalue weighted by atomic mass is 35.5. The monoisotopic (exact) mass is 527 g/mol. The summed E-state index contributed by atoms with van der Waals surface area (Å²) in [5.41, 5.74) is -0.571. The van der Waals surface area contributed by atoms with Crippen LogP contribution in [-0.4, -0.2) is 25.5 Å². The van der Waals surface area contributed by atoms with E-state index in [1.807, 2.05) is 0 Å². The number of nitrogens with zero attached hydrogens (tertiary/aromatic N) is 1. The fourth-order valence-corrected chi connectivity index (χ4v) is 5.10. The molecule has 35 heavy (non-hydrogen) atoms. The zero-order valence-corrected chi connectivity index (χ0v) is 20.2. The Balaban J connectivity index is 2.06. The highest BCUT2D eigenvalue weighted by molar-refractivity contribution is 7.92. The molecule has 6 nitrogen and oxygen atoms in total. The second-order valence-electron chi connectivity index (χ2n) is 7.82. The largest absolute Gasteiger partial charge is 0.487 e. The second kappa shape index (κ2) is 10.2. The van der Waals surface area contributed by atoms with Crippen molar-refractivity contribution in [3.8, 4) is 5.75 Å². The number of carboxylic acids is 1. The van der Waals surface area contributed by atoms with Crippen molar-refractivity contribution >= 4 is 33.3 Å². The summed E-state index contributed by atoms with van der Waals surface area (Å²) < 4.78 is 73.8. The number of aromatic carboxylic acids is 1. The number of carboxylic acid groups (broad SMARTS) is 1. The van der Waals surface area contributed by atoms with Crippen molar-refractivity contribution in [2.24, 2.45) is 0 Å². The summed E-state index contributed by atoms with van der Waals surface area (Å²) in [6.07, 6.45) is -4.68. The predicted molar refractivity (Wildman–Crippen MR) is 125 cm³/mol. The normalized spacial score (nSPS) is 12.0. The molecule has 0 radical (unpaired) electrons. The maximum atomic E-state index is 13.4. The van der Waals surface area contributed by atoms with Crippen molar-refractivity contribution in [1.29, 1.82) is 0 Å². The van der Waals surface area contributed by atoms with Crippen LogP contribution >= 0.6 is 11.6 Å². The molecule has 0 aliphatic heterocycles. The maximum absolute atomic E-state index is 13.4. The first kappa shape index (κ1) is 26.4. The Morgan fingerprint density at radius 1 is 1.03 bits per heavy atom. The van der Waals surface area contributed by atoms with Gasteiger partial charge in [-0.15, -0.1) is 0 Å². The summed E-state index contributed by atoms with van der Waals surface area (Å²) in [6.45, 7) is 2.94. The van der Waals surface area contributed by atoms with Gasteiger partial charge in [-0.1, -0.05) is 23.7 Å². The van der Waals surface area contributed by atoms with Crippen LogP contribution in [-0.2, 0) is 22.8 Å². The van der Waals surface area contributed by atoms with Gasteiger partial charge in [0.1, 0.15) is 12.4 Å². The van der Waals surface area contributed by atoms with Gasteiger partial charge in [0.25, 0.3) is 10.0 Å². The van der Waals surface area contributed by atoms with Crippen molar-refractivity contribution in [3.05, 3.63) is 88.4 Å². The molecule has 0 bridgehead atoms. The minimum absolute atomic E-state index is 0.0357. The standard InChI is InChI=1S/C24H21ClF3NO5S/c1-15(2)29(35(32,33)20-10-8-19(25)9-11-20)21-12-7-18(24(26,27)28)13-22(21)34-14-16-3-5-17(6-4-16)23(30)31/h3-13,15H,14H2,1-2H3,(H,30,31). The Kier molecular flexibility index (Phi) is 7.66. The molecule has 0 unspecified atom stereocenters. The molecule has 0 aromatic heterocycles. The molecular formula is C24H21ClF3NO5S. The highest BCUT2D eigenvalue weighted by Crippen LogP contribution is 2.40. The zero-order valence-electron chi connectivity index (χ0n) is 18.6. The Morgan fingerprint density at radius 2 is 1.63 bits per heavy atom. The van der Waals surface area contributed by atoms with Gasteiger partial charge in [-0.25, -0.2) is 13.2 Å². The molecule has 0 spiro atoms. The third-order valence-electron chi connectivity index (χ3n) is 4.96. The van der Waals surface area contributed by atoms with Crippen molar-refractivity contribution in [2.45, 2.75) is 37.6 Å². The summed E-state index contributed by atoms with van der Waals surface area (Å²) in [5.74, 6) is -1.43. The van der Waals surface area contributed by atoms with E-state index in [1.165, 1.54) is 48.5 Å². The average Bonchev–Trinajstić information content (AvgIpc) is 2.78. The van der Waals surface area contributed by atoms with Crippen LogP contribution in [0.3, 0.4) is 0 Å². The molecule has 0 heterocycles. The van der Waals surface area contributed by atoms with Gasteiger partial charge in [0.05, 0.1) is 21.7 Å². The van der Waals surface area contributed by atoms with E-state index in [-0.39, 0.29) is 28.5 Å². The van der Waals surface area contributed by atoms with Gasteiger partial charge in [-0.05, 0) is 74.0 Å². The molecule has 0 amide bonds. The van der Waals surface area contributed by atoms with Crippen molar-refractivity contribution < 1.29 is 36.2 Å². The first-order valence-corrected chi connectivity index (χ1v) is 12.1. The number of carbonyl (C=O) groups is 1. The quantitative estimate of drug-likeness (QED) is 0.375. The van der Waals surface area contributed by atoms with E-state index >= 15 is 0 Å². The van der Waals surface area contributed by atoms with E-state index in [9.17, 15) is 26.4 Å². The smallest absolute Gasteiger partial charge is 0.416 e. The fourth-order valence-electron chi connectivity index (χ4n) is 3.30. The van der Waals surface area contributed by atoms with Crippen LogP contribution < -0.4 is 9.04 Å². The number of alkyl halides is 3. The van der Waals surface area contributed by atoms with E-state index in [0.717, 1.165) is 22.5 Å². The summed E-state index contributed by atoms with van der Waals surface area (Å²) in [6, 6.07) is 12.9. The number of hydrogen-bond acceptors (Lipinski definition) is 4. The Hall–Kier alpha value is -3.24. The fraction of sp³-hybridized carbons (Fsp3) is 0.208. The number of sulfonamides is 1. The molecular weight excluding hydrogens is 507 g/mol. The number of anilines is 1. The van der Waals surface area contributed by atoms with E-state index in [0.29, 0.717) is 10.6 Å². The van der Waals surface area contributed by atoms with E-state index in [1.54, 1.807) is 13.8 Å². The first-order chi connectivity index (χ1) is 16.3. The molecule has 0 saturated carbocycles. The predicted octanol–water partition coefficient (Wildman–Crippen LogP) is 6.24. The number of hydrogen-bond donors (Lipinski definition) is 1. The van der Waals surface area contributed by atoms with Gasteiger partial charge in [0.15, 0.2) is 0 Å². The summed E-state index contributed by atoms with van der Waals surface area (Å²) >= 11 is 5.87. The van der Waals surface area contributed by atoms with Crippen LogP contribution in [0.25, 0.3) is 0 Å². The third kappa shape index (κ3) is 6.07. The van der Waals surface area contributed by atoms with Gasteiger partial charge in [-0.2, -0.15) is 13.2 Å². The molecule has 0 aliphatic rings. The molecule has 0 aliphatic carbocycles. The lowest BCUT2D eigenvalue weighted by molar-refractivity contribution is -0.137. The van der Waals surface area contributed by atoms with Crippen LogP contribution in [0.1, 0.15) is 35.3 Å². The van der Waals surface area contributed by atoms with Crippen LogP contribution in [0.4, 0.5) is 18.9 Å². The summed E-state index contributed by atoms with van der Waals surface area (Å²) in [7, 11) is -4.19. The van der Waals surface area contributed by atoms with E-state index in [2.05, 4.69) is 0 Å². The molecule has 11 heteroatoms.